The third kappa shape index (κ3) is 8.18. The molecule has 0 unspecified atom stereocenters. The molecule has 3 aromatic rings. The molecule has 0 saturated heterocycles. The van der Waals surface area contributed by atoms with E-state index >= 15 is 0 Å². The minimum Gasteiger partial charge on any atom is -0.483 e. The first-order chi connectivity index (χ1) is 22.9. The summed E-state index contributed by atoms with van der Waals surface area (Å²) in [6.07, 6.45) is 1.96. The van der Waals surface area contributed by atoms with Gasteiger partial charge in [-0.3, -0.25) is 4.79 Å². The van der Waals surface area contributed by atoms with E-state index in [1.54, 1.807) is 32.0 Å². The highest BCUT2D eigenvalue weighted by Gasteiger charge is 2.50. The molecule has 2 aromatic carbocycles. The third-order valence-corrected chi connectivity index (χ3v) is 9.36. The second-order valence-electron chi connectivity index (χ2n) is 14.2. The summed E-state index contributed by atoms with van der Waals surface area (Å²) in [7, 11) is 0. The Kier molecular flexibility index (Phi) is 11.1. The average Bonchev–Trinajstić information content (AvgIpc) is 3.01. The van der Waals surface area contributed by atoms with Crippen molar-refractivity contribution in [1.29, 1.82) is 0 Å². The van der Waals surface area contributed by atoms with Gasteiger partial charge < -0.3 is 28.5 Å². The van der Waals surface area contributed by atoms with Crippen molar-refractivity contribution in [1.82, 2.24) is 0 Å². The maximum atomic E-state index is 14.0. The molecule has 2 bridgehead atoms. The average molecular weight is 661 g/mol. The topological polar surface area (TPSA) is 122 Å². The third-order valence-electron chi connectivity index (χ3n) is 9.36. The van der Waals surface area contributed by atoms with Crippen LogP contribution in [0.1, 0.15) is 95.6 Å². The smallest absolute Gasteiger partial charge is 0.339 e. The fourth-order valence-electron chi connectivity index (χ4n) is 6.65. The first-order valence-electron chi connectivity index (χ1n) is 17.0. The quantitative estimate of drug-likeness (QED) is 0.0945. The predicted molar refractivity (Wildman–Crippen MR) is 182 cm³/mol. The van der Waals surface area contributed by atoms with Crippen LogP contribution in [0.25, 0.3) is 11.0 Å². The zero-order valence-electron chi connectivity index (χ0n) is 28.9. The van der Waals surface area contributed by atoms with Gasteiger partial charge >= 0.3 is 17.6 Å². The van der Waals surface area contributed by atoms with Crippen LogP contribution in [0.2, 0.25) is 0 Å². The van der Waals surface area contributed by atoms with Crippen LogP contribution in [-0.2, 0) is 43.1 Å². The molecular weight excluding hydrogens is 612 g/mol. The van der Waals surface area contributed by atoms with Crippen molar-refractivity contribution in [2.24, 2.45) is 11.8 Å². The summed E-state index contributed by atoms with van der Waals surface area (Å²) in [6.45, 7) is 11.4. The van der Waals surface area contributed by atoms with Gasteiger partial charge in [0.25, 0.3) is 0 Å². The van der Waals surface area contributed by atoms with Gasteiger partial charge in [-0.25, -0.2) is 9.59 Å². The van der Waals surface area contributed by atoms with Crippen LogP contribution in [0.3, 0.4) is 0 Å². The molecule has 3 aliphatic rings. The number of esters is 2. The van der Waals surface area contributed by atoms with Gasteiger partial charge in [0.2, 0.25) is 0 Å². The Morgan fingerprint density at radius 2 is 1.71 bits per heavy atom. The number of carbonyl (C=O) groups excluding carboxylic acids is 2. The largest absolute Gasteiger partial charge is 0.483 e. The molecule has 1 aromatic heterocycles. The van der Waals surface area contributed by atoms with Gasteiger partial charge in [0.15, 0.2) is 12.2 Å². The monoisotopic (exact) mass is 660 g/mol. The first-order valence-corrected chi connectivity index (χ1v) is 17.0. The molecule has 0 saturated carbocycles. The zero-order chi connectivity index (χ0) is 34.6. The van der Waals surface area contributed by atoms with E-state index in [2.05, 4.69) is 38.1 Å². The standard InChI is InChI=1S/C39H48O9/c1-23(2)7-8-27-19-26-11-9-25(10-12-26)13-15-30(24(3)4)38(43)47-36-35(45-32(41)20-27)33-31(48-39(36,5)6)16-14-28-21-29(17-18-44-22-40)37(42)46-34(28)33/h9-12,14,16,21,23,27,35-36,40H,7-8,13,15,17-20,22H2,1-6H3/t27-,35-,36-/m1/s1. The lowest BCUT2D eigenvalue weighted by molar-refractivity contribution is -0.188. The van der Waals surface area contributed by atoms with Gasteiger partial charge in [0.1, 0.15) is 23.7 Å². The molecule has 0 amide bonds. The molecule has 3 atom stereocenters. The maximum Gasteiger partial charge on any atom is 0.339 e. The first kappa shape index (κ1) is 35.4. The summed E-state index contributed by atoms with van der Waals surface area (Å²) in [6, 6.07) is 13.7. The number of ether oxygens (including phenoxy) is 4. The Balaban J connectivity index is 1.62. The molecule has 0 fully saturated rings. The summed E-state index contributed by atoms with van der Waals surface area (Å²) in [5.41, 5.74) is 2.89. The fraction of sp³-hybridized carbons (Fsp3) is 0.513. The number of rotatable bonds is 7. The fourth-order valence-corrected chi connectivity index (χ4v) is 6.65. The lowest BCUT2D eigenvalue weighted by Crippen LogP contribution is -2.52. The normalized spacial score (nSPS) is 21.3. The van der Waals surface area contributed by atoms with Gasteiger partial charge in [0, 0.05) is 29.4 Å². The van der Waals surface area contributed by atoms with Crippen LogP contribution in [0.15, 0.2) is 62.8 Å². The molecule has 9 nitrogen and oxygen atoms in total. The molecule has 6 rings (SSSR count). The molecule has 0 spiro atoms. The zero-order valence-corrected chi connectivity index (χ0v) is 28.9. The van der Waals surface area contributed by atoms with Gasteiger partial charge in [-0.15, -0.1) is 0 Å². The number of carbonyl (C=O) groups is 2. The highest BCUT2D eigenvalue weighted by molar-refractivity contribution is 5.90. The van der Waals surface area contributed by atoms with E-state index in [1.165, 1.54) is 0 Å². The highest BCUT2D eigenvalue weighted by Crippen LogP contribution is 2.47. The number of fused-ring (bicyclic) bond motifs is 13. The van der Waals surface area contributed by atoms with Gasteiger partial charge in [-0.05, 0) is 94.5 Å². The Bertz CT molecular complexity index is 1710. The van der Waals surface area contributed by atoms with Crippen LogP contribution < -0.4 is 10.4 Å². The van der Waals surface area contributed by atoms with Crippen molar-refractivity contribution in [2.45, 2.75) is 104 Å². The van der Waals surface area contributed by atoms with E-state index in [-0.39, 0.29) is 30.9 Å². The van der Waals surface area contributed by atoms with E-state index < -0.39 is 42.2 Å². The summed E-state index contributed by atoms with van der Waals surface area (Å²) in [5, 5.41) is 9.59. The van der Waals surface area contributed by atoms with E-state index in [9.17, 15) is 14.4 Å². The summed E-state index contributed by atoms with van der Waals surface area (Å²) >= 11 is 0. The SMILES string of the molecule is CC(C)=C1CCc2ccc(cc2)C[C@@H](CCC(C)C)CC(=O)O[C@@H]2c3c(ccc4cc(CCOCO)c(=O)oc34)OC(C)(C)[C@@H]2OC1=O. The lowest BCUT2D eigenvalue weighted by Gasteiger charge is -2.43. The van der Waals surface area contributed by atoms with E-state index in [0.717, 1.165) is 36.0 Å². The number of aliphatic hydroxyl groups is 1. The number of allylic oxidation sites excluding steroid dienone is 1. The van der Waals surface area contributed by atoms with Crippen molar-refractivity contribution < 1.29 is 38.1 Å². The molecule has 48 heavy (non-hydrogen) atoms. The molecule has 1 N–H and O–H groups in total. The van der Waals surface area contributed by atoms with E-state index in [1.807, 2.05) is 13.8 Å². The number of hydrogen-bond acceptors (Lipinski definition) is 9. The Hall–Kier alpha value is -3.95. The van der Waals surface area contributed by atoms with Crippen molar-refractivity contribution >= 4 is 22.9 Å². The van der Waals surface area contributed by atoms with Crippen LogP contribution in [0.4, 0.5) is 0 Å². The van der Waals surface area contributed by atoms with Crippen LogP contribution in [0, 0.1) is 11.8 Å². The van der Waals surface area contributed by atoms with Crippen LogP contribution in [-0.4, -0.2) is 42.1 Å². The minimum absolute atomic E-state index is 0.0402. The summed E-state index contributed by atoms with van der Waals surface area (Å²) in [4.78, 5) is 41.1. The number of aryl methyl sites for hydroxylation is 1. The molecule has 9 heteroatoms. The lowest BCUT2D eigenvalue weighted by atomic mass is 9.86. The van der Waals surface area contributed by atoms with E-state index in [0.29, 0.717) is 46.6 Å². The number of aliphatic hydroxyl groups excluding tert-OH is 1. The van der Waals surface area contributed by atoms with Crippen molar-refractivity contribution in [2.75, 3.05) is 13.4 Å². The second-order valence-corrected chi connectivity index (χ2v) is 14.2. The van der Waals surface area contributed by atoms with Crippen LogP contribution in [0.5, 0.6) is 5.75 Å². The molecule has 3 aliphatic heterocycles. The van der Waals surface area contributed by atoms with Gasteiger partial charge in [0.05, 0.1) is 12.2 Å². The number of hydrogen-bond donors (Lipinski definition) is 1. The van der Waals surface area contributed by atoms with Crippen molar-refractivity contribution in [3.05, 3.63) is 86.3 Å². The Morgan fingerprint density at radius 1 is 0.979 bits per heavy atom. The predicted octanol–water partition coefficient (Wildman–Crippen LogP) is 6.94. The maximum absolute atomic E-state index is 14.0. The number of benzene rings is 2. The minimum atomic E-state index is -1.11. The van der Waals surface area contributed by atoms with E-state index in [4.69, 9.17) is 28.5 Å². The summed E-state index contributed by atoms with van der Waals surface area (Å²) in [5.74, 6) is -0.0353. The molecule has 258 valence electrons. The molecular formula is C39H48O9. The van der Waals surface area contributed by atoms with Crippen molar-refractivity contribution in [3.8, 4) is 5.75 Å². The van der Waals surface area contributed by atoms with Gasteiger partial charge in [-0.2, -0.15) is 0 Å². The van der Waals surface area contributed by atoms with Gasteiger partial charge in [-0.1, -0.05) is 50.1 Å². The van der Waals surface area contributed by atoms with Crippen molar-refractivity contribution in [3.63, 3.8) is 0 Å². The molecule has 0 aliphatic carbocycles. The molecule has 0 radical (unpaired) electrons. The Labute approximate surface area is 282 Å². The highest BCUT2D eigenvalue weighted by atomic mass is 16.6. The molecule has 4 heterocycles. The van der Waals surface area contributed by atoms with Crippen LogP contribution >= 0.6 is 0 Å². The summed E-state index contributed by atoms with van der Waals surface area (Å²) < 4.78 is 30.0. The Morgan fingerprint density at radius 3 is 2.40 bits per heavy atom. The second kappa shape index (κ2) is 15.1.